The monoisotopic (exact) mass is 279 g/mol. The molecular weight excluding hydrogens is 269 g/mol. The van der Waals surface area contributed by atoms with E-state index >= 15 is 0 Å². The first-order chi connectivity index (χ1) is 8.15. The van der Waals surface area contributed by atoms with Gasteiger partial charge in [0.05, 0.1) is 18.1 Å². The molecule has 1 aromatic rings. The quantitative estimate of drug-likeness (QED) is 0.333. The molecule has 0 aliphatic heterocycles. The van der Waals surface area contributed by atoms with Crippen molar-refractivity contribution in [3.8, 4) is 5.75 Å². The fourth-order valence-corrected chi connectivity index (χ4v) is 1.45. The standard InChI is InChI=1S/C10H11Cl2NO4/c11-3-4-16-5-6-17-8-1-2-10(13(14)15)9(12)7-8/h1-2,7H,3-6H2. The molecule has 5 nitrogen and oxygen atoms in total. The summed E-state index contributed by atoms with van der Waals surface area (Å²) in [5.41, 5.74) is -0.141. The third-order valence-electron chi connectivity index (χ3n) is 1.83. The number of ether oxygens (including phenoxy) is 2. The highest BCUT2D eigenvalue weighted by atomic mass is 35.5. The maximum Gasteiger partial charge on any atom is 0.288 e. The number of halogens is 2. The van der Waals surface area contributed by atoms with E-state index in [-0.39, 0.29) is 10.7 Å². The summed E-state index contributed by atoms with van der Waals surface area (Å²) in [6, 6.07) is 4.20. The minimum absolute atomic E-state index is 0.0502. The van der Waals surface area contributed by atoms with Gasteiger partial charge in [-0.1, -0.05) is 11.6 Å². The molecule has 0 aliphatic rings. The Labute approximate surface area is 108 Å². The van der Waals surface area contributed by atoms with Crippen molar-refractivity contribution in [1.82, 2.24) is 0 Å². The average Bonchev–Trinajstić information content (AvgIpc) is 2.28. The predicted molar refractivity (Wildman–Crippen MR) is 65.1 cm³/mol. The molecule has 7 heteroatoms. The van der Waals surface area contributed by atoms with Crippen molar-refractivity contribution in [3.05, 3.63) is 33.3 Å². The summed E-state index contributed by atoms with van der Waals surface area (Å²) in [5, 5.41) is 10.6. The molecule has 0 radical (unpaired) electrons. The van der Waals surface area contributed by atoms with Crippen LogP contribution in [0.1, 0.15) is 0 Å². The first-order valence-electron chi connectivity index (χ1n) is 4.85. The van der Waals surface area contributed by atoms with Crippen LogP contribution in [0.4, 0.5) is 5.69 Å². The van der Waals surface area contributed by atoms with Gasteiger partial charge in [-0.25, -0.2) is 0 Å². The minimum atomic E-state index is -0.546. The molecule has 1 aromatic carbocycles. The number of hydrogen-bond donors (Lipinski definition) is 0. The summed E-state index contributed by atoms with van der Waals surface area (Å²) in [6.07, 6.45) is 0. The molecule has 0 atom stereocenters. The van der Waals surface area contributed by atoms with Crippen LogP contribution >= 0.6 is 23.2 Å². The van der Waals surface area contributed by atoms with Crippen LogP contribution in [0.2, 0.25) is 5.02 Å². The normalized spacial score (nSPS) is 10.2. The molecule has 0 aliphatic carbocycles. The lowest BCUT2D eigenvalue weighted by Crippen LogP contribution is -2.08. The van der Waals surface area contributed by atoms with Gasteiger partial charge in [0, 0.05) is 18.0 Å². The maximum atomic E-state index is 10.5. The van der Waals surface area contributed by atoms with Crippen LogP contribution in [0.3, 0.4) is 0 Å². The maximum absolute atomic E-state index is 10.5. The number of nitro groups is 1. The van der Waals surface area contributed by atoms with Gasteiger partial charge < -0.3 is 9.47 Å². The summed E-state index contributed by atoms with van der Waals surface area (Å²) in [7, 11) is 0. The number of rotatable bonds is 7. The van der Waals surface area contributed by atoms with Crippen molar-refractivity contribution in [2.24, 2.45) is 0 Å². The summed E-state index contributed by atoms with van der Waals surface area (Å²) >= 11 is 11.1. The van der Waals surface area contributed by atoms with E-state index in [1.54, 1.807) is 0 Å². The van der Waals surface area contributed by atoms with Gasteiger partial charge in [0.2, 0.25) is 0 Å². The van der Waals surface area contributed by atoms with E-state index in [0.717, 1.165) is 0 Å². The smallest absolute Gasteiger partial charge is 0.288 e. The number of nitro benzene ring substituents is 1. The Morgan fingerprint density at radius 1 is 1.29 bits per heavy atom. The highest BCUT2D eigenvalue weighted by Crippen LogP contribution is 2.28. The van der Waals surface area contributed by atoms with Gasteiger partial charge in [-0.15, -0.1) is 11.6 Å². The van der Waals surface area contributed by atoms with Gasteiger partial charge in [0.15, 0.2) is 0 Å². The molecule has 0 fully saturated rings. The van der Waals surface area contributed by atoms with Crippen molar-refractivity contribution in [1.29, 1.82) is 0 Å². The molecule has 0 heterocycles. The molecular formula is C10H11Cl2NO4. The zero-order valence-electron chi connectivity index (χ0n) is 8.90. The van der Waals surface area contributed by atoms with Crippen LogP contribution < -0.4 is 4.74 Å². The average molecular weight is 280 g/mol. The molecule has 0 saturated heterocycles. The summed E-state index contributed by atoms with van der Waals surface area (Å²) in [5.74, 6) is 0.902. The second-order valence-electron chi connectivity index (χ2n) is 3.02. The number of alkyl halides is 1. The number of nitrogens with zero attached hydrogens (tertiary/aromatic N) is 1. The van der Waals surface area contributed by atoms with Gasteiger partial charge in [-0.3, -0.25) is 10.1 Å². The van der Waals surface area contributed by atoms with Gasteiger partial charge in [-0.2, -0.15) is 0 Å². The van der Waals surface area contributed by atoms with Crippen LogP contribution in [-0.4, -0.2) is 30.6 Å². The fourth-order valence-electron chi connectivity index (χ4n) is 1.10. The van der Waals surface area contributed by atoms with Crippen LogP contribution in [0.5, 0.6) is 5.75 Å². The van der Waals surface area contributed by atoms with E-state index in [2.05, 4.69) is 0 Å². The Kier molecular flexibility index (Phi) is 6.04. The third-order valence-corrected chi connectivity index (χ3v) is 2.29. The highest BCUT2D eigenvalue weighted by Gasteiger charge is 2.12. The molecule has 0 amide bonds. The van der Waals surface area contributed by atoms with Gasteiger partial charge in [0.1, 0.15) is 17.4 Å². The second-order valence-corrected chi connectivity index (χ2v) is 3.81. The third kappa shape index (κ3) is 4.77. The van der Waals surface area contributed by atoms with Crippen molar-refractivity contribution < 1.29 is 14.4 Å². The van der Waals surface area contributed by atoms with E-state index in [0.29, 0.717) is 31.5 Å². The van der Waals surface area contributed by atoms with E-state index in [1.807, 2.05) is 0 Å². The zero-order valence-corrected chi connectivity index (χ0v) is 10.4. The Hall–Kier alpha value is -1.04. The number of benzene rings is 1. The molecule has 0 saturated carbocycles. The molecule has 1 rings (SSSR count). The molecule has 0 unspecified atom stereocenters. The topological polar surface area (TPSA) is 61.6 Å². The SMILES string of the molecule is O=[N+]([O-])c1ccc(OCCOCCCl)cc1Cl. The Morgan fingerprint density at radius 3 is 2.65 bits per heavy atom. The predicted octanol–water partition coefficient (Wildman–Crippen LogP) is 2.88. The van der Waals surface area contributed by atoms with E-state index in [4.69, 9.17) is 32.7 Å². The van der Waals surface area contributed by atoms with Gasteiger partial charge in [0.25, 0.3) is 5.69 Å². The highest BCUT2D eigenvalue weighted by molar-refractivity contribution is 6.32. The second kappa shape index (κ2) is 7.32. The van der Waals surface area contributed by atoms with Gasteiger partial charge >= 0.3 is 0 Å². The molecule has 17 heavy (non-hydrogen) atoms. The minimum Gasteiger partial charge on any atom is -0.491 e. The Morgan fingerprint density at radius 2 is 2.06 bits per heavy atom. The van der Waals surface area contributed by atoms with E-state index < -0.39 is 4.92 Å². The Balaban J connectivity index is 2.45. The molecule has 0 N–H and O–H groups in total. The Bertz CT molecular complexity index is 387. The zero-order chi connectivity index (χ0) is 12.7. The van der Waals surface area contributed by atoms with Crippen LogP contribution in [0, 0.1) is 10.1 Å². The van der Waals surface area contributed by atoms with Crippen molar-refractivity contribution in [2.45, 2.75) is 0 Å². The first-order valence-corrected chi connectivity index (χ1v) is 5.77. The molecule has 94 valence electrons. The summed E-state index contributed by atoms with van der Waals surface area (Å²) in [4.78, 5) is 9.97. The molecule has 0 aromatic heterocycles. The van der Waals surface area contributed by atoms with Crippen LogP contribution in [0.25, 0.3) is 0 Å². The van der Waals surface area contributed by atoms with Crippen molar-refractivity contribution in [3.63, 3.8) is 0 Å². The van der Waals surface area contributed by atoms with Crippen LogP contribution in [0.15, 0.2) is 18.2 Å². The molecule has 0 spiro atoms. The van der Waals surface area contributed by atoms with Crippen LogP contribution in [-0.2, 0) is 4.74 Å². The largest absolute Gasteiger partial charge is 0.491 e. The molecule has 0 bridgehead atoms. The van der Waals surface area contributed by atoms with E-state index in [9.17, 15) is 10.1 Å². The van der Waals surface area contributed by atoms with E-state index in [1.165, 1.54) is 18.2 Å². The van der Waals surface area contributed by atoms with Crippen molar-refractivity contribution in [2.75, 3.05) is 25.7 Å². The first kappa shape index (κ1) is 14.0. The van der Waals surface area contributed by atoms with Gasteiger partial charge in [-0.05, 0) is 6.07 Å². The lowest BCUT2D eigenvalue weighted by molar-refractivity contribution is -0.384. The fraction of sp³-hybridized carbons (Fsp3) is 0.400. The number of hydrogen-bond acceptors (Lipinski definition) is 4. The van der Waals surface area contributed by atoms with Crippen molar-refractivity contribution >= 4 is 28.9 Å². The summed E-state index contributed by atoms with van der Waals surface area (Å²) in [6.45, 7) is 1.21. The lowest BCUT2D eigenvalue weighted by atomic mass is 10.3. The lowest BCUT2D eigenvalue weighted by Gasteiger charge is -2.06. The summed E-state index contributed by atoms with van der Waals surface area (Å²) < 4.78 is 10.4.